The quantitative estimate of drug-likeness (QED) is 0.573. The molecule has 0 bridgehead atoms. The molecule has 6 nitrogen and oxygen atoms in total. The van der Waals surface area contributed by atoms with Gasteiger partial charge in [0.05, 0.1) is 25.4 Å². The molecule has 2 fully saturated rings. The van der Waals surface area contributed by atoms with Crippen molar-refractivity contribution < 1.29 is 28.2 Å². The molecular formula is C29H36F2N2O4. The average molecular weight is 515 g/mol. The standard InChI is InChI=1S/C29H36F2N2O4/c1-16(32-28(35)17-5-8-24-23(13-17)25(34)15-37-29(24,2)3)21-6-7-22(26(31)27(21)36-4)18-11-20(12-18)33-10-9-19(30)14-33/h5-8,13,16,18-20,25,34H,9-12,14-15H2,1-4H3,(H,32,35)/t16-,18?,19+,20?,25+/m0/s1. The van der Waals surface area contributed by atoms with E-state index in [0.29, 0.717) is 41.3 Å². The molecule has 1 aliphatic carbocycles. The third kappa shape index (κ3) is 4.87. The second-order valence-electron chi connectivity index (χ2n) is 11.1. The zero-order valence-corrected chi connectivity index (χ0v) is 21.9. The highest BCUT2D eigenvalue weighted by molar-refractivity contribution is 5.94. The monoisotopic (exact) mass is 514 g/mol. The predicted octanol–water partition coefficient (Wildman–Crippen LogP) is 4.91. The summed E-state index contributed by atoms with van der Waals surface area (Å²) in [5.74, 6) is -0.504. The fourth-order valence-corrected chi connectivity index (χ4v) is 6.00. The summed E-state index contributed by atoms with van der Waals surface area (Å²) < 4.78 is 40.3. The number of nitrogens with zero attached hydrogens (tertiary/aromatic N) is 1. The Bertz CT molecular complexity index is 1180. The molecule has 3 aliphatic rings. The Hall–Kier alpha value is -2.55. The minimum atomic E-state index is -0.801. The number of fused-ring (bicyclic) bond motifs is 1. The van der Waals surface area contributed by atoms with Crippen LogP contribution >= 0.6 is 0 Å². The van der Waals surface area contributed by atoms with Crippen LogP contribution in [0.15, 0.2) is 30.3 Å². The summed E-state index contributed by atoms with van der Waals surface area (Å²) in [6.45, 7) is 7.07. The van der Waals surface area contributed by atoms with Crippen molar-refractivity contribution in [1.29, 1.82) is 0 Å². The van der Waals surface area contributed by atoms with E-state index in [2.05, 4.69) is 10.2 Å². The number of carbonyl (C=O) groups is 1. The number of aliphatic hydroxyl groups excluding tert-OH is 1. The summed E-state index contributed by atoms with van der Waals surface area (Å²) in [4.78, 5) is 15.3. The maximum absolute atomic E-state index is 15.5. The minimum Gasteiger partial charge on any atom is -0.493 e. The third-order valence-electron chi connectivity index (χ3n) is 8.33. The zero-order valence-electron chi connectivity index (χ0n) is 21.9. The third-order valence-corrected chi connectivity index (χ3v) is 8.33. The van der Waals surface area contributed by atoms with E-state index in [1.165, 1.54) is 7.11 Å². The number of hydrogen-bond acceptors (Lipinski definition) is 5. The Labute approximate surface area is 216 Å². The van der Waals surface area contributed by atoms with Crippen molar-refractivity contribution in [2.45, 2.75) is 75.9 Å². The van der Waals surface area contributed by atoms with Gasteiger partial charge in [0, 0.05) is 30.3 Å². The van der Waals surface area contributed by atoms with Crippen LogP contribution in [0.1, 0.15) is 90.7 Å². The lowest BCUT2D eigenvalue weighted by atomic mass is 9.74. The van der Waals surface area contributed by atoms with Crippen LogP contribution in [0, 0.1) is 5.82 Å². The predicted molar refractivity (Wildman–Crippen MR) is 136 cm³/mol. The van der Waals surface area contributed by atoms with E-state index in [1.54, 1.807) is 25.1 Å². The highest BCUT2D eigenvalue weighted by Crippen LogP contribution is 2.44. The lowest BCUT2D eigenvalue weighted by molar-refractivity contribution is -0.0825. The van der Waals surface area contributed by atoms with E-state index in [0.717, 1.165) is 24.9 Å². The van der Waals surface area contributed by atoms with Crippen LogP contribution < -0.4 is 10.1 Å². The molecule has 2 heterocycles. The summed E-state index contributed by atoms with van der Waals surface area (Å²) in [5.41, 5.74) is 2.56. The maximum atomic E-state index is 15.5. The molecule has 3 atom stereocenters. The number of benzene rings is 2. The second kappa shape index (κ2) is 9.97. The van der Waals surface area contributed by atoms with E-state index in [9.17, 15) is 14.3 Å². The van der Waals surface area contributed by atoms with Gasteiger partial charge in [-0.05, 0) is 74.8 Å². The molecular weight excluding hydrogens is 478 g/mol. The summed E-state index contributed by atoms with van der Waals surface area (Å²) in [7, 11) is 1.43. The van der Waals surface area contributed by atoms with Gasteiger partial charge in [0.1, 0.15) is 12.3 Å². The van der Waals surface area contributed by atoms with Gasteiger partial charge < -0.3 is 19.9 Å². The van der Waals surface area contributed by atoms with Gasteiger partial charge in [-0.25, -0.2) is 8.78 Å². The van der Waals surface area contributed by atoms with Crippen molar-refractivity contribution in [2.24, 2.45) is 0 Å². The van der Waals surface area contributed by atoms with Crippen LogP contribution in [0.3, 0.4) is 0 Å². The molecule has 0 aromatic heterocycles. The van der Waals surface area contributed by atoms with Crippen LogP contribution in [0.25, 0.3) is 0 Å². The van der Waals surface area contributed by atoms with Crippen molar-refractivity contribution in [1.82, 2.24) is 10.2 Å². The van der Waals surface area contributed by atoms with E-state index in [-0.39, 0.29) is 24.2 Å². The number of likely N-dealkylation sites (tertiary alicyclic amines) is 1. The van der Waals surface area contributed by atoms with Crippen molar-refractivity contribution in [2.75, 3.05) is 26.8 Å². The van der Waals surface area contributed by atoms with Crippen LogP contribution in [-0.2, 0) is 10.3 Å². The van der Waals surface area contributed by atoms with E-state index < -0.39 is 29.7 Å². The molecule has 0 spiro atoms. The lowest BCUT2D eigenvalue weighted by Crippen LogP contribution is -2.42. The van der Waals surface area contributed by atoms with Crippen molar-refractivity contribution in [3.8, 4) is 5.75 Å². The number of amides is 1. The van der Waals surface area contributed by atoms with Gasteiger partial charge in [0.15, 0.2) is 11.6 Å². The van der Waals surface area contributed by atoms with Gasteiger partial charge in [0.25, 0.3) is 5.91 Å². The Morgan fingerprint density at radius 1 is 1.24 bits per heavy atom. The number of halogens is 2. The van der Waals surface area contributed by atoms with E-state index in [1.807, 2.05) is 26.0 Å². The van der Waals surface area contributed by atoms with Gasteiger partial charge in [-0.3, -0.25) is 9.69 Å². The Morgan fingerprint density at radius 3 is 2.68 bits per heavy atom. The number of methoxy groups -OCH3 is 1. The van der Waals surface area contributed by atoms with Crippen LogP contribution in [-0.4, -0.2) is 54.9 Å². The number of hydrogen-bond donors (Lipinski definition) is 2. The normalized spacial score (nSPS) is 27.8. The Kier molecular flexibility index (Phi) is 7.02. The van der Waals surface area contributed by atoms with Crippen LogP contribution in [0.5, 0.6) is 5.75 Å². The molecule has 1 saturated heterocycles. The summed E-state index contributed by atoms with van der Waals surface area (Å²) >= 11 is 0. The first kappa shape index (κ1) is 26.1. The molecule has 8 heteroatoms. The Morgan fingerprint density at radius 2 is 2.00 bits per heavy atom. The molecule has 2 aromatic rings. The molecule has 2 aromatic carbocycles. The molecule has 0 radical (unpaired) electrons. The smallest absolute Gasteiger partial charge is 0.251 e. The summed E-state index contributed by atoms with van der Waals surface area (Å²) in [5, 5.41) is 13.4. The molecule has 1 amide bonds. The highest BCUT2D eigenvalue weighted by Gasteiger charge is 2.39. The molecule has 200 valence electrons. The molecule has 0 unspecified atom stereocenters. The summed E-state index contributed by atoms with van der Waals surface area (Å²) in [6.07, 6.45) is 0.652. The van der Waals surface area contributed by atoms with Gasteiger partial charge in [-0.15, -0.1) is 0 Å². The van der Waals surface area contributed by atoms with Crippen LogP contribution in [0.2, 0.25) is 0 Å². The summed E-state index contributed by atoms with van der Waals surface area (Å²) in [6, 6.07) is 8.63. The topological polar surface area (TPSA) is 71.0 Å². The van der Waals surface area contributed by atoms with Gasteiger partial charge in [-0.2, -0.15) is 0 Å². The number of rotatable bonds is 6. The molecule has 1 saturated carbocycles. The number of aliphatic hydroxyl groups is 1. The van der Waals surface area contributed by atoms with Crippen molar-refractivity contribution >= 4 is 5.91 Å². The SMILES string of the molecule is COc1c([C@H](C)NC(=O)c2ccc3c(c2)[C@H](O)COC3(C)C)ccc(C2CC(N3CC[C@@H](F)C3)C2)c1F. The number of carbonyl (C=O) groups excluding carboxylic acids is 1. The Balaban J connectivity index is 1.29. The molecule has 5 rings (SSSR count). The molecule has 2 aliphatic heterocycles. The number of ether oxygens (including phenoxy) is 2. The van der Waals surface area contributed by atoms with E-state index >= 15 is 4.39 Å². The first-order valence-electron chi connectivity index (χ1n) is 13.1. The van der Waals surface area contributed by atoms with Gasteiger partial charge >= 0.3 is 0 Å². The number of alkyl halides is 1. The lowest BCUT2D eigenvalue weighted by Gasteiger charge is -2.41. The van der Waals surface area contributed by atoms with E-state index in [4.69, 9.17) is 9.47 Å². The maximum Gasteiger partial charge on any atom is 0.251 e. The first-order valence-corrected chi connectivity index (χ1v) is 13.1. The van der Waals surface area contributed by atoms with Crippen molar-refractivity contribution in [3.63, 3.8) is 0 Å². The average Bonchev–Trinajstić information content (AvgIpc) is 3.26. The molecule has 2 N–H and O–H groups in total. The minimum absolute atomic E-state index is 0.0756. The first-order chi connectivity index (χ1) is 17.6. The van der Waals surface area contributed by atoms with Crippen LogP contribution in [0.4, 0.5) is 8.78 Å². The fraction of sp³-hybridized carbons (Fsp3) is 0.552. The number of nitrogens with one attached hydrogen (secondary N) is 1. The van der Waals surface area contributed by atoms with Gasteiger partial charge in [0.2, 0.25) is 0 Å². The zero-order chi connectivity index (χ0) is 26.5. The largest absolute Gasteiger partial charge is 0.493 e. The fourth-order valence-electron chi connectivity index (χ4n) is 6.00. The highest BCUT2D eigenvalue weighted by atomic mass is 19.1. The van der Waals surface area contributed by atoms with Crippen molar-refractivity contribution in [3.05, 3.63) is 64.0 Å². The second-order valence-corrected chi connectivity index (χ2v) is 11.1. The van der Waals surface area contributed by atoms with Gasteiger partial charge in [-0.1, -0.05) is 18.2 Å². The molecule has 37 heavy (non-hydrogen) atoms.